The first-order valence-electron chi connectivity index (χ1n) is 3.21. The van der Waals surface area contributed by atoms with E-state index in [0.29, 0.717) is 0 Å². The van der Waals surface area contributed by atoms with E-state index >= 15 is 0 Å². The number of nitrogens with zero attached hydrogens (tertiary/aromatic N) is 2. The summed E-state index contributed by atoms with van der Waals surface area (Å²) >= 11 is 10.8. The smallest absolute Gasteiger partial charge is 0.256 e. The van der Waals surface area contributed by atoms with Crippen LogP contribution >= 0.6 is 23.2 Å². The Balaban J connectivity index is 3.48. The number of allylic oxidation sites excluding steroid dienone is 3. The van der Waals surface area contributed by atoms with Crippen LogP contribution in [-0.2, 0) is 9.59 Å². The molecule has 0 saturated heterocycles. The summed E-state index contributed by atoms with van der Waals surface area (Å²) in [5, 5.41) is 7.45. The lowest BCUT2D eigenvalue weighted by Crippen LogP contribution is -2.17. The normalized spacial score (nSPS) is 16.9. The van der Waals surface area contributed by atoms with E-state index in [1.165, 1.54) is 6.07 Å². The highest BCUT2D eigenvalue weighted by Gasteiger charge is 2.33. The fourth-order valence-electron chi connectivity index (χ4n) is 0.835. The molecule has 0 fully saturated rings. The maximum Gasteiger partial charge on any atom is 0.256 e. The zero-order chi connectivity index (χ0) is 10.9. The zero-order valence-electron chi connectivity index (χ0n) is 6.47. The third kappa shape index (κ3) is 1.31. The monoisotopic (exact) mass is 226 g/mol. The third-order valence-electron chi connectivity index (χ3n) is 1.49. The Morgan fingerprint density at radius 2 is 1.79 bits per heavy atom. The topological polar surface area (TPSA) is 62.3 Å². The highest BCUT2D eigenvalue weighted by Crippen LogP contribution is 2.29. The van der Waals surface area contributed by atoms with Gasteiger partial charge in [-0.1, -0.05) is 23.2 Å². The summed E-state index contributed by atoms with van der Waals surface area (Å²) < 4.78 is 0. The molecule has 0 heterocycles. The number of carbonyl (C=O) groups excluding carboxylic acids is 2. The van der Waals surface area contributed by atoms with Crippen molar-refractivity contribution in [2.45, 2.75) is 0 Å². The van der Waals surface area contributed by atoms with Gasteiger partial charge in [-0.2, -0.15) is 5.26 Å². The second-order valence-corrected chi connectivity index (χ2v) is 2.99. The van der Waals surface area contributed by atoms with Crippen molar-refractivity contribution in [1.29, 1.82) is 5.26 Å². The van der Waals surface area contributed by atoms with Crippen LogP contribution in [0.1, 0.15) is 0 Å². The van der Waals surface area contributed by atoms with Crippen LogP contribution in [-0.4, -0.2) is 11.6 Å². The van der Waals surface area contributed by atoms with Crippen LogP contribution in [0, 0.1) is 17.9 Å². The minimum atomic E-state index is -0.905. The molecule has 0 saturated carbocycles. The summed E-state index contributed by atoms with van der Waals surface area (Å²) in [4.78, 5) is 25.2. The molecule has 0 aromatic heterocycles. The summed E-state index contributed by atoms with van der Waals surface area (Å²) in [6.45, 7) is 6.61. The molecule has 0 amide bonds. The van der Waals surface area contributed by atoms with E-state index in [2.05, 4.69) is 4.85 Å². The van der Waals surface area contributed by atoms with Gasteiger partial charge in [-0.15, -0.1) is 0 Å². The first kappa shape index (κ1) is 10.5. The van der Waals surface area contributed by atoms with E-state index < -0.39 is 32.9 Å². The van der Waals surface area contributed by atoms with E-state index in [-0.39, 0.29) is 0 Å². The van der Waals surface area contributed by atoms with Gasteiger partial charge in [0.1, 0.15) is 21.7 Å². The SMILES string of the molecule is [C-]#[N+]C1=C(Cl)C(=O)C(Cl)=C(C#N)C1=O. The molecule has 1 aliphatic carbocycles. The van der Waals surface area contributed by atoms with Crippen LogP contribution in [0.4, 0.5) is 0 Å². The van der Waals surface area contributed by atoms with Crippen molar-refractivity contribution in [2.75, 3.05) is 0 Å². The van der Waals surface area contributed by atoms with Gasteiger partial charge in [-0.05, 0) is 0 Å². The summed E-state index contributed by atoms with van der Waals surface area (Å²) in [6, 6.07) is 1.46. The van der Waals surface area contributed by atoms with Gasteiger partial charge in [0.25, 0.3) is 5.70 Å². The van der Waals surface area contributed by atoms with Crippen LogP contribution in [0.25, 0.3) is 4.85 Å². The van der Waals surface area contributed by atoms with Gasteiger partial charge in [0, 0.05) is 0 Å². The zero-order valence-corrected chi connectivity index (χ0v) is 7.98. The molecule has 0 aliphatic heterocycles. The molecule has 14 heavy (non-hydrogen) atoms. The van der Waals surface area contributed by atoms with Crippen LogP contribution < -0.4 is 0 Å². The fourth-order valence-corrected chi connectivity index (χ4v) is 1.33. The quantitative estimate of drug-likeness (QED) is 0.465. The molecule has 1 aliphatic rings. The summed E-state index contributed by atoms with van der Waals surface area (Å²) in [7, 11) is 0. The van der Waals surface area contributed by atoms with Gasteiger partial charge >= 0.3 is 0 Å². The Morgan fingerprint density at radius 3 is 2.21 bits per heavy atom. The highest BCUT2D eigenvalue weighted by molar-refractivity contribution is 6.59. The Hall–Kier alpha value is -1.62. The first-order valence-corrected chi connectivity index (χ1v) is 3.96. The van der Waals surface area contributed by atoms with E-state index in [9.17, 15) is 9.59 Å². The number of rotatable bonds is 0. The number of hydrogen-bond donors (Lipinski definition) is 0. The lowest BCUT2D eigenvalue weighted by molar-refractivity contribution is -0.115. The van der Waals surface area contributed by atoms with Crippen LogP contribution in [0.15, 0.2) is 21.3 Å². The molecule has 0 N–H and O–H groups in total. The Kier molecular flexibility index (Phi) is 2.71. The van der Waals surface area contributed by atoms with Crippen molar-refractivity contribution >= 4 is 34.8 Å². The highest BCUT2D eigenvalue weighted by atomic mass is 35.5. The van der Waals surface area contributed by atoms with E-state index in [1.54, 1.807) is 0 Å². The Bertz CT molecular complexity index is 446. The average Bonchev–Trinajstić information content (AvgIpc) is 2.16. The van der Waals surface area contributed by atoms with E-state index in [1.807, 2.05) is 0 Å². The van der Waals surface area contributed by atoms with Gasteiger partial charge in [-0.25, -0.2) is 4.85 Å². The number of ketones is 2. The fraction of sp³-hybridized carbons (Fsp3) is 0. The van der Waals surface area contributed by atoms with Crippen LogP contribution in [0.3, 0.4) is 0 Å². The Labute approximate surface area is 88.8 Å². The number of halogens is 2. The summed E-state index contributed by atoms with van der Waals surface area (Å²) in [6.07, 6.45) is 0. The molecule has 0 unspecified atom stereocenters. The summed E-state index contributed by atoms with van der Waals surface area (Å²) in [5.74, 6) is -1.77. The van der Waals surface area contributed by atoms with Crippen molar-refractivity contribution in [3.8, 4) is 6.07 Å². The largest absolute Gasteiger partial charge is 0.301 e. The number of hydrogen-bond acceptors (Lipinski definition) is 3. The second-order valence-electron chi connectivity index (χ2n) is 2.23. The predicted octanol–water partition coefficient (Wildman–Crippen LogP) is 1.52. The average molecular weight is 227 g/mol. The standard InChI is InChI=1S/C8Cl2N2O2/c1-12-6-5(10)8(14)4(9)3(2-11)7(6)13. The van der Waals surface area contributed by atoms with Gasteiger partial charge in [-0.3, -0.25) is 4.79 Å². The predicted molar refractivity (Wildman–Crippen MR) is 48.0 cm³/mol. The minimum absolute atomic E-state index is 0.532. The lowest BCUT2D eigenvalue weighted by Gasteiger charge is -2.08. The third-order valence-corrected chi connectivity index (χ3v) is 2.20. The van der Waals surface area contributed by atoms with Crippen LogP contribution in [0.5, 0.6) is 0 Å². The molecule has 0 spiro atoms. The molecule has 0 radical (unpaired) electrons. The maximum atomic E-state index is 11.3. The molecule has 4 nitrogen and oxygen atoms in total. The maximum absolute atomic E-state index is 11.3. The first-order chi connectivity index (χ1) is 6.54. The molecule has 0 aromatic rings. The van der Waals surface area contributed by atoms with E-state index in [0.717, 1.165) is 0 Å². The second kappa shape index (κ2) is 3.63. The Morgan fingerprint density at radius 1 is 1.21 bits per heavy atom. The molecule has 0 aromatic carbocycles. The molecule has 1 rings (SSSR count). The lowest BCUT2D eigenvalue weighted by atomic mass is 10.0. The van der Waals surface area contributed by atoms with Crippen molar-refractivity contribution < 1.29 is 9.59 Å². The molecule has 0 atom stereocenters. The summed E-state index contributed by atoms with van der Waals surface area (Å²) in [5.41, 5.74) is -1.09. The van der Waals surface area contributed by atoms with Gasteiger partial charge in [0.05, 0.1) is 6.57 Å². The van der Waals surface area contributed by atoms with Crippen LogP contribution in [0.2, 0.25) is 0 Å². The molecule has 0 bridgehead atoms. The number of Topliss-reactive ketones (excluding diaryl/α,β-unsaturated/α-hetero) is 2. The van der Waals surface area contributed by atoms with Gasteiger partial charge < -0.3 is 4.79 Å². The number of carbonyl (C=O) groups is 2. The number of nitriles is 1. The van der Waals surface area contributed by atoms with Crippen molar-refractivity contribution in [3.05, 3.63) is 32.8 Å². The van der Waals surface area contributed by atoms with Gasteiger partial charge in [0.2, 0.25) is 11.6 Å². The minimum Gasteiger partial charge on any atom is -0.301 e. The van der Waals surface area contributed by atoms with E-state index in [4.69, 9.17) is 35.0 Å². The van der Waals surface area contributed by atoms with Crippen molar-refractivity contribution in [3.63, 3.8) is 0 Å². The molecule has 68 valence electrons. The van der Waals surface area contributed by atoms with Crippen molar-refractivity contribution in [1.82, 2.24) is 0 Å². The van der Waals surface area contributed by atoms with Gasteiger partial charge in [0.15, 0.2) is 0 Å². The molecule has 6 heteroatoms. The molecular formula is C8Cl2N2O2. The van der Waals surface area contributed by atoms with Crippen molar-refractivity contribution in [2.24, 2.45) is 0 Å². The molecular weight excluding hydrogens is 227 g/mol.